The van der Waals surface area contributed by atoms with E-state index < -0.39 is 11.0 Å². The number of nitrogens with zero attached hydrogens (tertiary/aromatic N) is 1. The number of nitrogen functional groups attached to an aromatic ring is 1. The van der Waals surface area contributed by atoms with Gasteiger partial charge in [0, 0.05) is 17.8 Å². The average Bonchev–Trinajstić information content (AvgIpc) is 2.38. The van der Waals surface area contributed by atoms with E-state index in [0.717, 1.165) is 0 Å². The molecule has 5 nitrogen and oxygen atoms in total. The Balaban J connectivity index is 2.36. The number of hydrogen-bond donors (Lipinski definition) is 2. The zero-order valence-corrected chi connectivity index (χ0v) is 9.48. The fourth-order valence-corrected chi connectivity index (χ4v) is 1.73. The van der Waals surface area contributed by atoms with Gasteiger partial charge in [-0.2, -0.15) is 0 Å². The van der Waals surface area contributed by atoms with Gasteiger partial charge in [-0.3, -0.25) is 10.1 Å². The van der Waals surface area contributed by atoms with E-state index in [1.54, 1.807) is 36.4 Å². The summed E-state index contributed by atoms with van der Waals surface area (Å²) in [7, 11) is 0. The normalized spacial score (nSPS) is 12.1. The molecule has 0 amide bonds. The molecule has 0 aliphatic carbocycles. The number of anilines is 1. The SMILES string of the molecule is Nc1cccc(C(O)c2cccc([N+](=O)[O-])c2)c1. The summed E-state index contributed by atoms with van der Waals surface area (Å²) in [5.41, 5.74) is 7.20. The maximum Gasteiger partial charge on any atom is 0.269 e. The number of nitrogens with two attached hydrogens (primary N) is 1. The Morgan fingerprint density at radius 1 is 1.11 bits per heavy atom. The van der Waals surface area contributed by atoms with E-state index in [9.17, 15) is 15.2 Å². The minimum atomic E-state index is -0.923. The summed E-state index contributed by atoms with van der Waals surface area (Å²) in [6.45, 7) is 0. The van der Waals surface area contributed by atoms with Crippen molar-refractivity contribution in [3.63, 3.8) is 0 Å². The smallest absolute Gasteiger partial charge is 0.269 e. The standard InChI is InChI=1S/C13H12N2O3/c14-11-5-1-3-9(7-11)13(16)10-4-2-6-12(8-10)15(17)18/h1-8,13,16H,14H2. The zero-order valence-electron chi connectivity index (χ0n) is 9.48. The number of rotatable bonds is 3. The first-order chi connectivity index (χ1) is 8.58. The van der Waals surface area contributed by atoms with Gasteiger partial charge >= 0.3 is 0 Å². The second-order valence-electron chi connectivity index (χ2n) is 3.92. The average molecular weight is 244 g/mol. The predicted octanol–water partition coefficient (Wildman–Crippen LogP) is 2.26. The van der Waals surface area contributed by atoms with Crippen LogP contribution in [0.4, 0.5) is 11.4 Å². The van der Waals surface area contributed by atoms with Gasteiger partial charge in [-0.25, -0.2) is 0 Å². The maximum absolute atomic E-state index is 10.7. The first-order valence-corrected chi connectivity index (χ1v) is 5.36. The monoisotopic (exact) mass is 244 g/mol. The fraction of sp³-hybridized carbons (Fsp3) is 0.0769. The van der Waals surface area contributed by atoms with Crippen LogP contribution >= 0.6 is 0 Å². The molecule has 1 unspecified atom stereocenters. The van der Waals surface area contributed by atoms with Crippen LogP contribution < -0.4 is 5.73 Å². The molecule has 18 heavy (non-hydrogen) atoms. The van der Waals surface area contributed by atoms with Crippen molar-refractivity contribution in [2.75, 3.05) is 5.73 Å². The lowest BCUT2D eigenvalue weighted by molar-refractivity contribution is -0.385. The lowest BCUT2D eigenvalue weighted by Gasteiger charge is -2.11. The molecule has 1 atom stereocenters. The fourth-order valence-electron chi connectivity index (χ4n) is 1.73. The lowest BCUT2D eigenvalue weighted by atomic mass is 10.0. The van der Waals surface area contributed by atoms with E-state index in [2.05, 4.69) is 0 Å². The van der Waals surface area contributed by atoms with Crippen molar-refractivity contribution in [2.45, 2.75) is 6.10 Å². The number of benzene rings is 2. The van der Waals surface area contributed by atoms with Crippen molar-refractivity contribution in [1.29, 1.82) is 0 Å². The van der Waals surface area contributed by atoms with Crippen LogP contribution in [0.15, 0.2) is 48.5 Å². The topological polar surface area (TPSA) is 89.4 Å². The van der Waals surface area contributed by atoms with Gasteiger partial charge in [-0.15, -0.1) is 0 Å². The molecule has 0 aliphatic rings. The highest BCUT2D eigenvalue weighted by Crippen LogP contribution is 2.25. The van der Waals surface area contributed by atoms with E-state index in [4.69, 9.17) is 5.73 Å². The highest BCUT2D eigenvalue weighted by atomic mass is 16.6. The van der Waals surface area contributed by atoms with Crippen molar-refractivity contribution in [2.24, 2.45) is 0 Å². The van der Waals surface area contributed by atoms with Crippen LogP contribution in [-0.4, -0.2) is 10.0 Å². The first kappa shape index (κ1) is 12.1. The molecule has 0 fully saturated rings. The Labute approximate surface area is 104 Å². The van der Waals surface area contributed by atoms with Gasteiger partial charge in [0.05, 0.1) is 4.92 Å². The summed E-state index contributed by atoms with van der Waals surface area (Å²) in [5.74, 6) is 0. The molecule has 0 saturated heterocycles. The summed E-state index contributed by atoms with van der Waals surface area (Å²) in [4.78, 5) is 10.2. The summed E-state index contributed by atoms with van der Waals surface area (Å²) >= 11 is 0. The van der Waals surface area contributed by atoms with Gasteiger partial charge in [0.25, 0.3) is 5.69 Å². The van der Waals surface area contributed by atoms with E-state index >= 15 is 0 Å². The van der Waals surface area contributed by atoms with Gasteiger partial charge in [-0.05, 0) is 23.3 Å². The van der Waals surface area contributed by atoms with Crippen molar-refractivity contribution >= 4 is 11.4 Å². The molecule has 3 N–H and O–H groups in total. The minimum absolute atomic E-state index is 0.0459. The van der Waals surface area contributed by atoms with Crippen LogP contribution in [0, 0.1) is 10.1 Å². The van der Waals surface area contributed by atoms with Crippen LogP contribution in [0.2, 0.25) is 0 Å². The highest BCUT2D eigenvalue weighted by molar-refractivity contribution is 5.45. The van der Waals surface area contributed by atoms with Crippen molar-refractivity contribution in [3.05, 3.63) is 69.8 Å². The van der Waals surface area contributed by atoms with Crippen molar-refractivity contribution in [1.82, 2.24) is 0 Å². The number of non-ortho nitro benzene ring substituents is 1. The third kappa shape index (κ3) is 2.46. The molecule has 0 bridgehead atoms. The molecule has 2 rings (SSSR count). The highest BCUT2D eigenvalue weighted by Gasteiger charge is 2.14. The van der Waals surface area contributed by atoms with E-state index in [0.29, 0.717) is 16.8 Å². The quantitative estimate of drug-likeness (QED) is 0.492. The number of aliphatic hydroxyl groups excluding tert-OH is 1. The zero-order chi connectivity index (χ0) is 13.1. The van der Waals surface area contributed by atoms with Gasteiger partial charge < -0.3 is 10.8 Å². The molecule has 5 heteroatoms. The number of hydrogen-bond acceptors (Lipinski definition) is 4. The maximum atomic E-state index is 10.7. The Morgan fingerprint density at radius 2 is 1.72 bits per heavy atom. The minimum Gasteiger partial charge on any atom is -0.399 e. The summed E-state index contributed by atoms with van der Waals surface area (Å²) < 4.78 is 0. The molecule has 0 aromatic heterocycles. The third-order valence-electron chi connectivity index (χ3n) is 2.62. The summed E-state index contributed by atoms with van der Waals surface area (Å²) in [6, 6.07) is 12.7. The van der Waals surface area contributed by atoms with Crippen LogP contribution in [0.3, 0.4) is 0 Å². The van der Waals surface area contributed by atoms with E-state index in [-0.39, 0.29) is 5.69 Å². The van der Waals surface area contributed by atoms with Gasteiger partial charge in [0.15, 0.2) is 0 Å². The second-order valence-corrected chi connectivity index (χ2v) is 3.92. The predicted molar refractivity (Wildman–Crippen MR) is 68.0 cm³/mol. The molecule has 0 radical (unpaired) electrons. The lowest BCUT2D eigenvalue weighted by Crippen LogP contribution is -2.01. The van der Waals surface area contributed by atoms with Gasteiger partial charge in [-0.1, -0.05) is 24.3 Å². The molecule has 2 aromatic rings. The van der Waals surface area contributed by atoms with Gasteiger partial charge in [0.1, 0.15) is 6.10 Å². The van der Waals surface area contributed by atoms with Crippen LogP contribution in [0.5, 0.6) is 0 Å². The van der Waals surface area contributed by atoms with Gasteiger partial charge in [0.2, 0.25) is 0 Å². The molecule has 2 aromatic carbocycles. The second kappa shape index (κ2) is 4.85. The van der Waals surface area contributed by atoms with Crippen molar-refractivity contribution < 1.29 is 10.0 Å². The van der Waals surface area contributed by atoms with E-state index in [1.807, 2.05) is 0 Å². The number of nitro benzene ring substituents is 1. The number of aliphatic hydroxyl groups is 1. The molecule has 0 aliphatic heterocycles. The van der Waals surface area contributed by atoms with Crippen LogP contribution in [0.25, 0.3) is 0 Å². The Hall–Kier alpha value is -2.40. The summed E-state index contributed by atoms with van der Waals surface area (Å²) in [6.07, 6.45) is -0.923. The molecule has 0 heterocycles. The molecule has 0 saturated carbocycles. The van der Waals surface area contributed by atoms with Crippen LogP contribution in [0.1, 0.15) is 17.2 Å². The molecule has 92 valence electrons. The van der Waals surface area contributed by atoms with Crippen molar-refractivity contribution in [3.8, 4) is 0 Å². The third-order valence-corrected chi connectivity index (χ3v) is 2.62. The molecule has 0 spiro atoms. The van der Waals surface area contributed by atoms with E-state index in [1.165, 1.54) is 12.1 Å². The first-order valence-electron chi connectivity index (χ1n) is 5.36. The van der Waals surface area contributed by atoms with Crippen LogP contribution in [-0.2, 0) is 0 Å². The molecular formula is C13H12N2O3. The Kier molecular flexibility index (Phi) is 3.25. The Bertz CT molecular complexity index is 584. The Morgan fingerprint density at radius 3 is 2.33 bits per heavy atom. The largest absolute Gasteiger partial charge is 0.399 e. The molecular weight excluding hydrogens is 232 g/mol. The summed E-state index contributed by atoms with van der Waals surface area (Å²) in [5, 5.41) is 20.8. The number of nitro groups is 1.